The minimum Gasteiger partial charge on any atom is -0.465 e. The highest BCUT2D eigenvalue weighted by Gasteiger charge is 2.26. The van der Waals surface area contributed by atoms with Crippen LogP contribution in [0.25, 0.3) is 6.08 Å². The van der Waals surface area contributed by atoms with Gasteiger partial charge in [-0.3, -0.25) is 4.79 Å². The Kier molecular flexibility index (Phi) is 6.91. The molecule has 1 aromatic rings. The van der Waals surface area contributed by atoms with Crippen molar-refractivity contribution < 1.29 is 28.6 Å². The van der Waals surface area contributed by atoms with E-state index in [1.54, 1.807) is 35.2 Å². The Hall–Kier alpha value is -2.67. The monoisotopic (exact) mass is 361 g/mol. The summed E-state index contributed by atoms with van der Waals surface area (Å²) in [6.07, 6.45) is 2.72. The number of carbonyl (C=O) groups is 3. The molecule has 1 heterocycles. The van der Waals surface area contributed by atoms with Crippen LogP contribution in [-0.2, 0) is 23.8 Å². The van der Waals surface area contributed by atoms with E-state index < -0.39 is 11.9 Å². The molecule has 140 valence electrons. The summed E-state index contributed by atoms with van der Waals surface area (Å²) in [6.45, 7) is 4.47. The molecular weight excluding hydrogens is 338 g/mol. The Balaban J connectivity index is 1.81. The van der Waals surface area contributed by atoms with Gasteiger partial charge in [-0.15, -0.1) is 0 Å². The van der Waals surface area contributed by atoms with Gasteiger partial charge in [0.25, 0.3) is 5.91 Å². The van der Waals surface area contributed by atoms with E-state index in [4.69, 9.17) is 9.47 Å². The van der Waals surface area contributed by atoms with E-state index in [1.807, 2.05) is 13.8 Å². The second-order valence-corrected chi connectivity index (χ2v) is 6.11. The maximum atomic E-state index is 12.1. The number of benzene rings is 1. The highest BCUT2D eigenvalue weighted by atomic mass is 16.5. The van der Waals surface area contributed by atoms with Gasteiger partial charge in [-0.1, -0.05) is 12.1 Å². The zero-order valence-electron chi connectivity index (χ0n) is 15.1. The molecule has 1 aromatic carbocycles. The van der Waals surface area contributed by atoms with Crippen molar-refractivity contribution in [3.63, 3.8) is 0 Å². The first-order valence-electron chi connectivity index (χ1n) is 8.35. The van der Waals surface area contributed by atoms with Crippen molar-refractivity contribution in [3.05, 3.63) is 41.5 Å². The minimum absolute atomic E-state index is 0.0359. The van der Waals surface area contributed by atoms with Gasteiger partial charge in [0.05, 0.1) is 24.9 Å². The molecule has 7 heteroatoms. The van der Waals surface area contributed by atoms with Crippen LogP contribution < -0.4 is 0 Å². The first-order valence-corrected chi connectivity index (χ1v) is 8.35. The van der Waals surface area contributed by atoms with Crippen molar-refractivity contribution >= 4 is 23.9 Å². The standard InChI is InChI=1S/C19H23NO6/c1-13-10-20(11-14(2)26-13)17(21)12-25-18(22)9-6-15-4-7-16(8-5-15)19(23)24-3/h4-9,13-14H,10-12H2,1-3H3/b9-6+/t13-,14-/m1/s1. The minimum atomic E-state index is -0.607. The molecule has 0 saturated carbocycles. The van der Waals surface area contributed by atoms with Gasteiger partial charge in [-0.05, 0) is 37.6 Å². The normalized spacial score (nSPS) is 20.0. The number of esters is 2. The average molecular weight is 361 g/mol. The summed E-state index contributed by atoms with van der Waals surface area (Å²) < 4.78 is 15.2. The first kappa shape index (κ1) is 19.7. The summed E-state index contributed by atoms with van der Waals surface area (Å²) in [7, 11) is 1.31. The third-order valence-corrected chi connectivity index (χ3v) is 3.85. The third-order valence-electron chi connectivity index (χ3n) is 3.85. The van der Waals surface area contributed by atoms with Crippen LogP contribution in [0.15, 0.2) is 30.3 Å². The Labute approximate surface area is 152 Å². The maximum Gasteiger partial charge on any atom is 0.337 e. The summed E-state index contributed by atoms with van der Waals surface area (Å²) in [6, 6.07) is 6.55. The SMILES string of the molecule is COC(=O)c1ccc(/C=C/C(=O)OCC(=O)N2C[C@@H](C)O[C@H](C)C2)cc1. The summed E-state index contributed by atoms with van der Waals surface area (Å²) >= 11 is 0. The zero-order valence-corrected chi connectivity index (χ0v) is 15.1. The van der Waals surface area contributed by atoms with E-state index in [2.05, 4.69) is 4.74 Å². The van der Waals surface area contributed by atoms with E-state index in [1.165, 1.54) is 13.2 Å². The fourth-order valence-corrected chi connectivity index (χ4v) is 2.67. The van der Waals surface area contributed by atoms with Crippen molar-refractivity contribution in [2.45, 2.75) is 26.1 Å². The molecular formula is C19H23NO6. The summed E-state index contributed by atoms with van der Waals surface area (Å²) in [5.41, 5.74) is 1.14. The Bertz CT molecular complexity index is 672. The lowest BCUT2D eigenvalue weighted by atomic mass is 10.1. The highest BCUT2D eigenvalue weighted by molar-refractivity contribution is 5.91. The molecule has 2 atom stereocenters. The molecule has 1 amide bonds. The molecule has 0 bridgehead atoms. The van der Waals surface area contributed by atoms with Gasteiger partial charge < -0.3 is 19.1 Å². The van der Waals surface area contributed by atoms with E-state index in [0.717, 1.165) is 5.56 Å². The Morgan fingerprint density at radius 1 is 1.15 bits per heavy atom. The van der Waals surface area contributed by atoms with E-state index in [0.29, 0.717) is 18.7 Å². The quantitative estimate of drug-likeness (QED) is 0.586. The van der Waals surface area contributed by atoms with E-state index in [9.17, 15) is 14.4 Å². The molecule has 0 unspecified atom stereocenters. The molecule has 0 aromatic heterocycles. The van der Waals surface area contributed by atoms with Crippen molar-refractivity contribution in [3.8, 4) is 0 Å². The molecule has 1 aliphatic rings. The number of hydrogen-bond donors (Lipinski definition) is 0. The topological polar surface area (TPSA) is 82.1 Å². The second kappa shape index (κ2) is 9.15. The molecule has 0 aliphatic carbocycles. The fourth-order valence-electron chi connectivity index (χ4n) is 2.67. The smallest absolute Gasteiger partial charge is 0.337 e. The molecule has 1 saturated heterocycles. The molecule has 26 heavy (non-hydrogen) atoms. The van der Waals surface area contributed by atoms with Gasteiger partial charge in [0, 0.05) is 19.2 Å². The van der Waals surface area contributed by atoms with E-state index >= 15 is 0 Å². The number of ether oxygens (including phenoxy) is 3. The molecule has 2 rings (SSSR count). The van der Waals surface area contributed by atoms with Crippen LogP contribution in [0.4, 0.5) is 0 Å². The first-order chi connectivity index (χ1) is 12.4. The van der Waals surface area contributed by atoms with Gasteiger partial charge in [-0.2, -0.15) is 0 Å². The average Bonchev–Trinajstić information content (AvgIpc) is 2.63. The van der Waals surface area contributed by atoms with Gasteiger partial charge >= 0.3 is 11.9 Å². The number of amides is 1. The maximum absolute atomic E-state index is 12.1. The van der Waals surface area contributed by atoms with Gasteiger partial charge in [-0.25, -0.2) is 9.59 Å². The van der Waals surface area contributed by atoms with Crippen molar-refractivity contribution in [2.24, 2.45) is 0 Å². The second-order valence-electron chi connectivity index (χ2n) is 6.11. The van der Waals surface area contributed by atoms with Gasteiger partial charge in [0.15, 0.2) is 6.61 Å². The molecule has 7 nitrogen and oxygen atoms in total. The number of nitrogens with zero attached hydrogens (tertiary/aromatic N) is 1. The summed E-state index contributed by atoms with van der Waals surface area (Å²) in [4.78, 5) is 36.9. The lowest BCUT2D eigenvalue weighted by Gasteiger charge is -2.35. The Morgan fingerprint density at radius 2 is 1.77 bits per heavy atom. The highest BCUT2D eigenvalue weighted by Crippen LogP contribution is 2.11. The lowest BCUT2D eigenvalue weighted by Crippen LogP contribution is -2.49. The summed E-state index contributed by atoms with van der Waals surface area (Å²) in [5, 5.41) is 0. The number of rotatable bonds is 5. The predicted molar refractivity (Wildman–Crippen MR) is 94.4 cm³/mol. The van der Waals surface area contributed by atoms with Crippen LogP contribution in [0.3, 0.4) is 0 Å². The molecule has 1 fully saturated rings. The number of morpholine rings is 1. The molecule has 1 aliphatic heterocycles. The van der Waals surface area contributed by atoms with Crippen LogP contribution >= 0.6 is 0 Å². The van der Waals surface area contributed by atoms with Crippen molar-refractivity contribution in [1.29, 1.82) is 0 Å². The predicted octanol–water partition coefficient (Wildman–Crippen LogP) is 1.67. The number of methoxy groups -OCH3 is 1. The van der Waals surface area contributed by atoms with Crippen LogP contribution in [-0.4, -0.2) is 61.8 Å². The van der Waals surface area contributed by atoms with Crippen LogP contribution in [0.1, 0.15) is 29.8 Å². The molecule has 0 N–H and O–H groups in total. The largest absolute Gasteiger partial charge is 0.465 e. The van der Waals surface area contributed by atoms with Gasteiger partial charge in [0.1, 0.15) is 0 Å². The van der Waals surface area contributed by atoms with E-state index in [-0.39, 0.29) is 24.7 Å². The zero-order chi connectivity index (χ0) is 19.1. The van der Waals surface area contributed by atoms with Crippen molar-refractivity contribution in [2.75, 3.05) is 26.8 Å². The fraction of sp³-hybridized carbons (Fsp3) is 0.421. The summed E-state index contributed by atoms with van der Waals surface area (Å²) in [5.74, 6) is -1.27. The van der Waals surface area contributed by atoms with Crippen LogP contribution in [0.5, 0.6) is 0 Å². The third kappa shape index (κ3) is 5.70. The number of carbonyl (C=O) groups excluding carboxylic acids is 3. The van der Waals surface area contributed by atoms with Crippen LogP contribution in [0, 0.1) is 0 Å². The molecule has 0 radical (unpaired) electrons. The lowest BCUT2D eigenvalue weighted by molar-refractivity contribution is -0.154. The van der Waals surface area contributed by atoms with Gasteiger partial charge in [0.2, 0.25) is 0 Å². The van der Waals surface area contributed by atoms with Crippen molar-refractivity contribution in [1.82, 2.24) is 4.90 Å². The van der Waals surface area contributed by atoms with Crippen LogP contribution in [0.2, 0.25) is 0 Å². The number of hydrogen-bond acceptors (Lipinski definition) is 6. The molecule has 0 spiro atoms. The Morgan fingerprint density at radius 3 is 2.35 bits per heavy atom.